The van der Waals surface area contributed by atoms with Gasteiger partial charge in [-0.3, -0.25) is 4.79 Å². The maximum Gasteiger partial charge on any atom is 0.278 e. The molecule has 1 spiro atoms. The van der Waals surface area contributed by atoms with Crippen LogP contribution < -0.4 is 16.2 Å². The van der Waals surface area contributed by atoms with Gasteiger partial charge in [0, 0.05) is 30.4 Å². The van der Waals surface area contributed by atoms with Crippen molar-refractivity contribution in [1.82, 2.24) is 29.6 Å². The molecule has 1 saturated carbocycles. The van der Waals surface area contributed by atoms with Gasteiger partial charge in [-0.25, -0.2) is 19.3 Å². The molecular formula is C28H28IN7O2. The number of nitrogens with one attached hydrogen (secondary N) is 2. The van der Waals surface area contributed by atoms with Crippen molar-refractivity contribution < 1.29 is 3.07 Å². The summed E-state index contributed by atoms with van der Waals surface area (Å²) in [5.41, 5.74) is 5.92. The number of aryl methyl sites for hydroxylation is 1. The molecule has 194 valence electrons. The van der Waals surface area contributed by atoms with Gasteiger partial charge in [-0.1, -0.05) is 18.2 Å². The maximum atomic E-state index is 13.4. The highest BCUT2D eigenvalue weighted by atomic mass is 127. The molecule has 4 heterocycles. The lowest BCUT2D eigenvalue weighted by atomic mass is 9.88. The average molecular weight is 621 g/mol. The summed E-state index contributed by atoms with van der Waals surface area (Å²) in [6.07, 6.45) is 7.55. The molecule has 3 aliphatic rings. The number of aromatic nitrogens is 5. The van der Waals surface area contributed by atoms with Crippen molar-refractivity contribution >= 4 is 45.7 Å². The van der Waals surface area contributed by atoms with E-state index < -0.39 is 5.60 Å². The molecule has 1 aromatic carbocycles. The molecule has 10 heteroatoms. The highest BCUT2D eigenvalue weighted by molar-refractivity contribution is 14.1. The first-order valence-corrected chi connectivity index (χ1v) is 13.8. The Morgan fingerprint density at radius 1 is 1.21 bits per heavy atom. The van der Waals surface area contributed by atoms with Crippen LogP contribution in [-0.2, 0) is 33.6 Å². The van der Waals surface area contributed by atoms with Crippen molar-refractivity contribution in [3.05, 3.63) is 81.9 Å². The SMILES string of the molecule is C=CCn1c(=O)c2cnc(Nc3ccc4c(c3)CNCC43CC3)nc2n1-c1ccc2c(n1)[C@@](C)(OI)CC2. The second kappa shape index (κ2) is 8.72. The molecule has 2 N–H and O–H groups in total. The van der Waals surface area contributed by atoms with Crippen LogP contribution in [0.25, 0.3) is 16.9 Å². The molecule has 1 atom stereocenters. The van der Waals surface area contributed by atoms with E-state index in [0.29, 0.717) is 34.8 Å². The molecule has 38 heavy (non-hydrogen) atoms. The molecule has 1 aliphatic heterocycles. The first-order chi connectivity index (χ1) is 18.4. The molecule has 7 rings (SSSR count). The Balaban J connectivity index is 1.32. The van der Waals surface area contributed by atoms with E-state index in [1.807, 2.05) is 29.1 Å². The number of hydrogen-bond donors (Lipinski definition) is 2. The smallest absolute Gasteiger partial charge is 0.278 e. The number of halogens is 1. The lowest BCUT2D eigenvalue weighted by Gasteiger charge is -2.26. The number of allylic oxidation sites excluding steroid dienone is 1. The predicted molar refractivity (Wildman–Crippen MR) is 154 cm³/mol. The van der Waals surface area contributed by atoms with Crippen LogP contribution in [0.2, 0.25) is 0 Å². The number of pyridine rings is 1. The largest absolute Gasteiger partial charge is 0.324 e. The summed E-state index contributed by atoms with van der Waals surface area (Å²) in [5.74, 6) is 1.03. The fourth-order valence-corrected chi connectivity index (χ4v) is 6.45. The Morgan fingerprint density at radius 3 is 2.87 bits per heavy atom. The van der Waals surface area contributed by atoms with Crippen LogP contribution in [-0.4, -0.2) is 30.9 Å². The average Bonchev–Trinajstić information content (AvgIpc) is 3.55. The van der Waals surface area contributed by atoms with E-state index in [9.17, 15) is 4.79 Å². The Labute approximate surface area is 234 Å². The number of benzene rings is 1. The molecule has 9 nitrogen and oxygen atoms in total. The number of rotatable bonds is 6. The number of anilines is 2. The van der Waals surface area contributed by atoms with Crippen molar-refractivity contribution in [2.24, 2.45) is 0 Å². The molecule has 2 aliphatic carbocycles. The van der Waals surface area contributed by atoms with Gasteiger partial charge in [-0.2, -0.15) is 4.98 Å². The Hall–Kier alpha value is -3.09. The summed E-state index contributed by atoms with van der Waals surface area (Å²) in [6.45, 7) is 8.14. The van der Waals surface area contributed by atoms with E-state index in [4.69, 9.17) is 13.0 Å². The number of hydrogen-bond acceptors (Lipinski definition) is 7. The molecule has 0 amide bonds. The monoisotopic (exact) mass is 621 g/mol. The summed E-state index contributed by atoms with van der Waals surface area (Å²) in [7, 11) is 0. The van der Waals surface area contributed by atoms with Crippen molar-refractivity contribution in [2.45, 2.75) is 56.7 Å². The van der Waals surface area contributed by atoms with Gasteiger partial charge < -0.3 is 13.7 Å². The predicted octanol–water partition coefficient (Wildman–Crippen LogP) is 4.57. The summed E-state index contributed by atoms with van der Waals surface area (Å²) in [5, 5.41) is 7.35. The number of fused-ring (bicyclic) bond motifs is 4. The summed E-state index contributed by atoms with van der Waals surface area (Å²) >= 11 is 1.95. The van der Waals surface area contributed by atoms with E-state index in [2.05, 4.69) is 53.4 Å². The van der Waals surface area contributed by atoms with Gasteiger partial charge in [0.05, 0.1) is 12.2 Å². The zero-order chi connectivity index (χ0) is 26.1. The van der Waals surface area contributed by atoms with Gasteiger partial charge in [0.15, 0.2) is 11.5 Å². The topological polar surface area (TPSA) is 98.9 Å². The fourth-order valence-electron chi connectivity index (χ4n) is 6.02. The second-order valence-corrected chi connectivity index (χ2v) is 11.2. The van der Waals surface area contributed by atoms with E-state index in [1.54, 1.807) is 21.6 Å². The first kappa shape index (κ1) is 24.0. The van der Waals surface area contributed by atoms with Crippen LogP contribution in [0.5, 0.6) is 0 Å². The summed E-state index contributed by atoms with van der Waals surface area (Å²) < 4.78 is 9.17. The highest BCUT2D eigenvalue weighted by Crippen LogP contribution is 2.50. The van der Waals surface area contributed by atoms with Gasteiger partial charge in [-0.05, 0) is 67.5 Å². The normalized spacial score (nSPS) is 20.9. The van der Waals surface area contributed by atoms with Crippen molar-refractivity contribution in [1.29, 1.82) is 0 Å². The van der Waals surface area contributed by atoms with E-state index in [-0.39, 0.29) is 5.56 Å². The third-order valence-electron chi connectivity index (χ3n) is 8.27. The minimum absolute atomic E-state index is 0.184. The zero-order valence-electron chi connectivity index (χ0n) is 21.1. The minimum atomic E-state index is -0.472. The van der Waals surface area contributed by atoms with Crippen molar-refractivity contribution in [3.63, 3.8) is 0 Å². The van der Waals surface area contributed by atoms with E-state index >= 15 is 0 Å². The Kier molecular flexibility index (Phi) is 5.50. The molecule has 0 saturated heterocycles. The highest BCUT2D eigenvalue weighted by Gasteiger charge is 2.46. The van der Waals surface area contributed by atoms with Gasteiger partial charge in [0.1, 0.15) is 34.0 Å². The minimum Gasteiger partial charge on any atom is -0.324 e. The van der Waals surface area contributed by atoms with Crippen molar-refractivity contribution in [3.8, 4) is 5.82 Å². The van der Waals surface area contributed by atoms with Crippen LogP contribution in [0.4, 0.5) is 11.6 Å². The van der Waals surface area contributed by atoms with Crippen LogP contribution in [0, 0.1) is 0 Å². The van der Waals surface area contributed by atoms with Gasteiger partial charge in [0.25, 0.3) is 5.56 Å². The van der Waals surface area contributed by atoms with Gasteiger partial charge in [0.2, 0.25) is 5.95 Å². The molecule has 3 aromatic heterocycles. The first-order valence-electron chi connectivity index (χ1n) is 13.0. The van der Waals surface area contributed by atoms with Crippen LogP contribution in [0.1, 0.15) is 48.6 Å². The van der Waals surface area contributed by atoms with E-state index in [0.717, 1.165) is 42.9 Å². The van der Waals surface area contributed by atoms with Crippen LogP contribution in [0.15, 0.2) is 54.0 Å². The molecule has 4 aromatic rings. The third-order valence-corrected chi connectivity index (χ3v) is 9.24. The van der Waals surface area contributed by atoms with Gasteiger partial charge >= 0.3 is 0 Å². The lowest BCUT2D eigenvalue weighted by molar-refractivity contribution is 0.147. The van der Waals surface area contributed by atoms with Gasteiger partial charge in [-0.15, -0.1) is 6.58 Å². The lowest BCUT2D eigenvalue weighted by Crippen LogP contribution is -2.33. The standard InChI is InChI=1S/C28H28IN7O2/c1-3-12-35-25(37)20-15-31-26(32-19-5-6-21-18(13-19)14-30-16-28(21)10-11-28)34-24(20)36(35)22-7-4-17-8-9-27(2,38-29)23(17)33-22/h3-7,13,15,30H,1,8-12,14,16H2,2H3,(H,31,32,34)/t27-/m0/s1. The third kappa shape index (κ3) is 3.64. The second-order valence-electron chi connectivity index (χ2n) is 10.8. The van der Waals surface area contributed by atoms with Crippen LogP contribution in [0.3, 0.4) is 0 Å². The van der Waals surface area contributed by atoms with E-state index in [1.165, 1.54) is 24.0 Å². The number of nitrogens with zero attached hydrogens (tertiary/aromatic N) is 5. The molecule has 0 unspecified atom stereocenters. The molecule has 0 radical (unpaired) electrons. The van der Waals surface area contributed by atoms with Crippen molar-refractivity contribution in [2.75, 3.05) is 11.9 Å². The maximum absolute atomic E-state index is 13.4. The quantitative estimate of drug-likeness (QED) is 0.241. The zero-order valence-corrected chi connectivity index (χ0v) is 23.3. The molecule has 0 bridgehead atoms. The summed E-state index contributed by atoms with van der Waals surface area (Å²) in [6, 6.07) is 10.5. The Morgan fingerprint density at radius 2 is 2.08 bits per heavy atom. The van der Waals surface area contributed by atoms with Crippen LogP contribution >= 0.6 is 23.0 Å². The summed E-state index contributed by atoms with van der Waals surface area (Å²) in [4.78, 5) is 27.6. The molecular weight excluding hydrogens is 593 g/mol. The fraction of sp³-hybridized carbons (Fsp3) is 0.357. The molecule has 1 fully saturated rings. The Bertz CT molecular complexity index is 1670.